The molecule has 0 unspecified atom stereocenters. The molecule has 1 aromatic carbocycles. The van der Waals surface area contributed by atoms with Crippen molar-refractivity contribution in [2.24, 2.45) is 5.92 Å². The molecule has 2 heterocycles. The van der Waals surface area contributed by atoms with Crippen molar-refractivity contribution in [1.29, 1.82) is 0 Å². The number of nitrogens with one attached hydrogen (secondary N) is 1. The molecule has 0 amide bonds. The highest BCUT2D eigenvalue weighted by Gasteiger charge is 2.49. The maximum Gasteiger partial charge on any atom is 0.336 e. The van der Waals surface area contributed by atoms with Gasteiger partial charge in [0.2, 0.25) is 0 Å². The molecule has 1 aromatic heterocycles. The lowest BCUT2D eigenvalue weighted by molar-refractivity contribution is -0.152. The fourth-order valence-corrected chi connectivity index (χ4v) is 5.97. The Hall–Kier alpha value is -3.26. The number of thiophene rings is 1. The van der Waals surface area contributed by atoms with Gasteiger partial charge < -0.3 is 14.8 Å². The number of esters is 2. The third-order valence-electron chi connectivity index (χ3n) is 6.55. The van der Waals surface area contributed by atoms with Gasteiger partial charge in [-0.3, -0.25) is 9.59 Å². The zero-order valence-electron chi connectivity index (χ0n) is 20.6. The second-order valence-electron chi connectivity index (χ2n) is 8.78. The maximum atomic E-state index is 14.2. The van der Waals surface area contributed by atoms with E-state index in [-0.39, 0.29) is 24.9 Å². The van der Waals surface area contributed by atoms with Crippen LogP contribution >= 0.6 is 11.3 Å². The number of allylic oxidation sites excluding steroid dienone is 3. The molecular weight excluding hydrogens is 481 g/mol. The summed E-state index contributed by atoms with van der Waals surface area (Å²) in [6, 6.07) is 9.60. The van der Waals surface area contributed by atoms with E-state index in [1.807, 2.05) is 24.4 Å². The van der Waals surface area contributed by atoms with Crippen molar-refractivity contribution in [1.82, 2.24) is 5.32 Å². The van der Waals surface area contributed by atoms with Gasteiger partial charge in [0, 0.05) is 33.7 Å². The van der Waals surface area contributed by atoms with Crippen LogP contribution in [0.15, 0.2) is 64.3 Å². The molecule has 6 nitrogen and oxygen atoms in total. The van der Waals surface area contributed by atoms with Crippen LogP contribution in [0.25, 0.3) is 0 Å². The van der Waals surface area contributed by atoms with Crippen LogP contribution in [-0.4, -0.2) is 30.9 Å². The predicted octanol–water partition coefficient (Wildman–Crippen LogP) is 5.38. The zero-order valence-corrected chi connectivity index (χ0v) is 21.5. The predicted molar refractivity (Wildman–Crippen MR) is 135 cm³/mol. The number of halogens is 1. The normalized spacial score (nSPS) is 21.7. The van der Waals surface area contributed by atoms with Gasteiger partial charge in [-0.25, -0.2) is 9.18 Å². The zero-order chi connectivity index (χ0) is 25.8. The van der Waals surface area contributed by atoms with Gasteiger partial charge in [-0.2, -0.15) is 0 Å². The van der Waals surface area contributed by atoms with Crippen LogP contribution in [0.5, 0.6) is 0 Å². The van der Waals surface area contributed by atoms with E-state index in [1.165, 1.54) is 23.5 Å². The van der Waals surface area contributed by atoms with Crippen molar-refractivity contribution in [2.45, 2.75) is 51.9 Å². The van der Waals surface area contributed by atoms with Crippen LogP contribution in [0.3, 0.4) is 0 Å². The molecule has 3 atom stereocenters. The van der Waals surface area contributed by atoms with Gasteiger partial charge in [0.15, 0.2) is 5.78 Å². The van der Waals surface area contributed by atoms with Crippen molar-refractivity contribution in [3.05, 3.63) is 80.6 Å². The van der Waals surface area contributed by atoms with Gasteiger partial charge in [-0.05, 0) is 55.8 Å². The summed E-state index contributed by atoms with van der Waals surface area (Å²) in [7, 11) is 0. The van der Waals surface area contributed by atoms with E-state index >= 15 is 0 Å². The Morgan fingerprint density at radius 2 is 1.81 bits per heavy atom. The summed E-state index contributed by atoms with van der Waals surface area (Å²) in [5.74, 6) is -4.12. The van der Waals surface area contributed by atoms with Crippen LogP contribution in [0, 0.1) is 11.7 Å². The van der Waals surface area contributed by atoms with E-state index in [2.05, 4.69) is 5.32 Å². The summed E-state index contributed by atoms with van der Waals surface area (Å²) in [5.41, 5.74) is 2.64. The molecule has 0 radical (unpaired) electrons. The van der Waals surface area contributed by atoms with Crippen molar-refractivity contribution < 1.29 is 28.2 Å². The molecule has 1 N–H and O–H groups in total. The minimum Gasteiger partial charge on any atom is -0.465 e. The molecule has 2 aliphatic rings. The van der Waals surface area contributed by atoms with E-state index < -0.39 is 29.6 Å². The Kier molecular flexibility index (Phi) is 8.04. The first-order valence-electron chi connectivity index (χ1n) is 12.3. The van der Waals surface area contributed by atoms with Crippen molar-refractivity contribution in [2.75, 3.05) is 13.2 Å². The van der Waals surface area contributed by atoms with Crippen LogP contribution < -0.4 is 5.32 Å². The third kappa shape index (κ3) is 4.87. The first-order chi connectivity index (χ1) is 17.4. The highest BCUT2D eigenvalue weighted by Crippen LogP contribution is 2.49. The molecule has 8 heteroatoms. The molecule has 0 fully saturated rings. The lowest BCUT2D eigenvalue weighted by Gasteiger charge is -2.39. The molecule has 0 saturated carbocycles. The highest BCUT2D eigenvalue weighted by molar-refractivity contribution is 7.10. The third-order valence-corrected chi connectivity index (χ3v) is 7.56. The summed E-state index contributed by atoms with van der Waals surface area (Å²) in [6.07, 6.45) is 1.74. The van der Waals surface area contributed by atoms with E-state index in [9.17, 15) is 18.8 Å². The number of hydrogen-bond donors (Lipinski definition) is 1. The van der Waals surface area contributed by atoms with Gasteiger partial charge in [-0.15, -0.1) is 11.3 Å². The van der Waals surface area contributed by atoms with E-state index in [0.717, 1.165) is 11.3 Å². The van der Waals surface area contributed by atoms with Crippen molar-refractivity contribution >= 4 is 29.1 Å². The average molecular weight is 512 g/mol. The number of ketones is 1. The minimum absolute atomic E-state index is 0.153. The van der Waals surface area contributed by atoms with Crippen molar-refractivity contribution in [3.63, 3.8) is 0 Å². The summed E-state index contributed by atoms with van der Waals surface area (Å²) in [5, 5.41) is 5.31. The molecule has 2 aromatic rings. The number of ether oxygens (including phenoxy) is 2. The number of rotatable bonds is 8. The van der Waals surface area contributed by atoms with Gasteiger partial charge in [-0.1, -0.05) is 31.5 Å². The molecule has 1 aliphatic carbocycles. The van der Waals surface area contributed by atoms with Gasteiger partial charge in [0.25, 0.3) is 0 Å². The standard InChI is InChI=1S/C28H30FNO5S/c1-4-8-19-25(28(33)35-6-3)22(16-10-12-17(29)13-11-16)24-20(30-19)15-18(21-9-7-14-36-21)23(26(24)31)27(32)34-5-2/h7,9-14,18,22-23,30H,4-6,8,15H2,1-3H3/t18-,22-,23-/m0/s1. The Morgan fingerprint density at radius 3 is 2.42 bits per heavy atom. The first-order valence-corrected chi connectivity index (χ1v) is 13.2. The number of carbonyl (C=O) groups is 3. The summed E-state index contributed by atoms with van der Waals surface area (Å²) >= 11 is 1.49. The molecule has 4 rings (SSSR count). The summed E-state index contributed by atoms with van der Waals surface area (Å²) < 4.78 is 24.6. The number of hydrogen-bond acceptors (Lipinski definition) is 7. The summed E-state index contributed by atoms with van der Waals surface area (Å²) in [6.45, 7) is 5.76. The van der Waals surface area contributed by atoms with Gasteiger partial charge in [0.05, 0.1) is 18.8 Å². The number of dihydropyridines is 1. The second-order valence-corrected chi connectivity index (χ2v) is 9.76. The lowest BCUT2D eigenvalue weighted by atomic mass is 9.68. The number of benzene rings is 1. The SMILES string of the molecule is CCCC1=C(C(=O)OCC)[C@@H](c2ccc(F)cc2)C2=C(C[C@@H](c3cccs3)[C@H](C(=O)OCC)C2=O)N1. The van der Waals surface area contributed by atoms with Crippen LogP contribution in [0.4, 0.5) is 4.39 Å². The average Bonchev–Trinajstić information content (AvgIpc) is 3.39. The van der Waals surface area contributed by atoms with Crippen LogP contribution in [-0.2, 0) is 23.9 Å². The maximum absolute atomic E-state index is 14.2. The number of carbonyl (C=O) groups excluding carboxylic acids is 3. The molecule has 1 aliphatic heterocycles. The largest absolute Gasteiger partial charge is 0.465 e. The quantitative estimate of drug-likeness (QED) is 0.379. The lowest BCUT2D eigenvalue weighted by Crippen LogP contribution is -2.43. The van der Waals surface area contributed by atoms with E-state index in [0.29, 0.717) is 40.9 Å². The molecule has 0 spiro atoms. The van der Waals surface area contributed by atoms with Crippen LogP contribution in [0.1, 0.15) is 62.3 Å². The molecular formula is C28H30FNO5S. The fraction of sp³-hybridized carbons (Fsp3) is 0.393. The molecule has 0 bridgehead atoms. The van der Waals surface area contributed by atoms with E-state index in [1.54, 1.807) is 26.0 Å². The molecule has 36 heavy (non-hydrogen) atoms. The van der Waals surface area contributed by atoms with E-state index in [4.69, 9.17) is 9.47 Å². The Morgan fingerprint density at radius 1 is 1.08 bits per heavy atom. The van der Waals surface area contributed by atoms with Gasteiger partial charge >= 0.3 is 11.9 Å². The highest BCUT2D eigenvalue weighted by atomic mass is 32.1. The summed E-state index contributed by atoms with van der Waals surface area (Å²) in [4.78, 5) is 41.5. The second kappa shape index (κ2) is 11.2. The Labute approximate surface area is 214 Å². The smallest absolute Gasteiger partial charge is 0.336 e. The molecule has 0 saturated heterocycles. The van der Waals surface area contributed by atoms with Crippen LogP contribution in [0.2, 0.25) is 0 Å². The Balaban J connectivity index is 1.91. The topological polar surface area (TPSA) is 81.7 Å². The Bertz CT molecular complexity index is 1200. The first kappa shape index (κ1) is 25.8. The minimum atomic E-state index is -1.04. The van der Waals surface area contributed by atoms with Crippen molar-refractivity contribution in [3.8, 4) is 0 Å². The number of Topliss-reactive ketones (excluding diaryl/α,β-unsaturated/α-hetero) is 1. The molecule has 190 valence electrons. The van der Waals surface area contributed by atoms with Gasteiger partial charge in [0.1, 0.15) is 11.7 Å². The fourth-order valence-electron chi connectivity index (χ4n) is 5.11. The monoisotopic (exact) mass is 511 g/mol.